The van der Waals surface area contributed by atoms with Gasteiger partial charge in [0.15, 0.2) is 0 Å². The zero-order valence-electron chi connectivity index (χ0n) is 6.65. The van der Waals surface area contributed by atoms with Crippen LogP contribution in [0.15, 0.2) is 6.20 Å². The maximum atomic E-state index is 10.8. The molecule has 6 nitrogen and oxygen atoms in total. The summed E-state index contributed by atoms with van der Waals surface area (Å²) in [5.41, 5.74) is 6.11. The van der Waals surface area contributed by atoms with Gasteiger partial charge in [-0.3, -0.25) is 4.79 Å². The second-order valence-corrected chi connectivity index (χ2v) is 2.30. The van der Waals surface area contributed by atoms with E-state index in [-0.39, 0.29) is 0 Å². The Morgan fingerprint density at radius 2 is 2.67 bits per heavy atom. The molecule has 0 fully saturated rings. The minimum Gasteiger partial charge on any atom is -0.468 e. The van der Waals surface area contributed by atoms with Crippen LogP contribution in [0.25, 0.3) is 0 Å². The number of carbonyl (C=O) groups excluding carboxylic acids is 1. The van der Waals surface area contributed by atoms with Gasteiger partial charge in [0.05, 0.1) is 19.0 Å². The van der Waals surface area contributed by atoms with Crippen molar-refractivity contribution >= 4 is 5.97 Å². The van der Waals surface area contributed by atoms with Crippen LogP contribution < -0.4 is 5.73 Å². The third-order valence-electron chi connectivity index (χ3n) is 1.40. The number of rotatable bonds is 3. The fourth-order valence-electron chi connectivity index (χ4n) is 0.784. The average molecular weight is 170 g/mol. The Labute approximate surface area is 69.1 Å². The van der Waals surface area contributed by atoms with Crippen LogP contribution in [0.5, 0.6) is 0 Å². The van der Waals surface area contributed by atoms with E-state index in [4.69, 9.17) is 5.73 Å². The molecule has 1 aromatic heterocycles. The van der Waals surface area contributed by atoms with Gasteiger partial charge in [0.2, 0.25) is 0 Å². The zero-order valence-corrected chi connectivity index (χ0v) is 6.65. The van der Waals surface area contributed by atoms with Crippen LogP contribution >= 0.6 is 0 Å². The van der Waals surface area contributed by atoms with Crippen LogP contribution in [0, 0.1) is 0 Å². The highest BCUT2D eigenvalue weighted by molar-refractivity contribution is 5.75. The van der Waals surface area contributed by atoms with E-state index in [1.54, 1.807) is 0 Å². The van der Waals surface area contributed by atoms with E-state index in [2.05, 4.69) is 20.1 Å². The first-order chi connectivity index (χ1) is 5.74. The second kappa shape index (κ2) is 3.82. The average Bonchev–Trinajstić information content (AvgIpc) is 2.55. The van der Waals surface area contributed by atoms with Gasteiger partial charge in [-0.1, -0.05) is 0 Å². The summed E-state index contributed by atoms with van der Waals surface area (Å²) >= 11 is 0. The molecule has 66 valence electrons. The lowest BCUT2D eigenvalue weighted by Crippen LogP contribution is -2.33. The highest BCUT2D eigenvalue weighted by Gasteiger charge is 2.15. The van der Waals surface area contributed by atoms with Gasteiger partial charge < -0.3 is 10.5 Å². The predicted octanol–water partition coefficient (Wildman–Crippen LogP) is -1.15. The number of carbonyl (C=O) groups is 1. The summed E-state index contributed by atoms with van der Waals surface area (Å²) in [6.07, 6.45) is 1.85. The van der Waals surface area contributed by atoms with E-state index < -0.39 is 12.0 Å². The molecule has 1 aromatic rings. The first-order valence-electron chi connectivity index (χ1n) is 3.42. The normalized spacial score (nSPS) is 12.5. The molecule has 0 spiro atoms. The van der Waals surface area contributed by atoms with Crippen molar-refractivity contribution in [2.24, 2.45) is 5.73 Å². The van der Waals surface area contributed by atoms with Crippen molar-refractivity contribution in [2.45, 2.75) is 12.5 Å². The molecule has 1 atom stereocenters. The summed E-state index contributed by atoms with van der Waals surface area (Å²) in [6.45, 7) is 0. The summed E-state index contributed by atoms with van der Waals surface area (Å²) in [6, 6.07) is -0.667. The van der Waals surface area contributed by atoms with Crippen LogP contribution in [-0.2, 0) is 16.0 Å². The lowest BCUT2D eigenvalue weighted by atomic mass is 10.2. The lowest BCUT2D eigenvalue weighted by molar-refractivity contribution is -0.142. The first kappa shape index (κ1) is 8.66. The fourth-order valence-corrected chi connectivity index (χ4v) is 0.784. The van der Waals surface area contributed by atoms with Crippen molar-refractivity contribution in [1.29, 1.82) is 0 Å². The van der Waals surface area contributed by atoms with Crippen molar-refractivity contribution in [3.63, 3.8) is 0 Å². The standard InChI is InChI=1S/C6H10N4O2/c1-12-6(11)5(7)2-4-3-8-10-9-4/h3,5H,2,7H2,1H3,(H,8,9,10)/t5-/m1/s1. The summed E-state index contributed by atoms with van der Waals surface area (Å²) in [7, 11) is 1.30. The van der Waals surface area contributed by atoms with Gasteiger partial charge in [0.1, 0.15) is 6.04 Å². The SMILES string of the molecule is COC(=O)[C@H](N)Cc1cn[nH]n1. The van der Waals surface area contributed by atoms with Crippen molar-refractivity contribution in [3.8, 4) is 0 Å². The molecule has 1 heterocycles. The van der Waals surface area contributed by atoms with Gasteiger partial charge in [0.25, 0.3) is 0 Å². The lowest BCUT2D eigenvalue weighted by Gasteiger charge is -2.05. The maximum Gasteiger partial charge on any atom is 0.323 e. The van der Waals surface area contributed by atoms with Gasteiger partial charge in [-0.25, -0.2) is 0 Å². The third-order valence-corrected chi connectivity index (χ3v) is 1.40. The molecule has 1 rings (SSSR count). The molecule has 0 aliphatic carbocycles. The minimum atomic E-state index is -0.667. The number of H-pyrrole nitrogens is 1. The topological polar surface area (TPSA) is 93.9 Å². The zero-order chi connectivity index (χ0) is 8.97. The van der Waals surface area contributed by atoms with E-state index in [1.807, 2.05) is 0 Å². The summed E-state index contributed by atoms with van der Waals surface area (Å²) in [5, 5.41) is 9.75. The molecule has 3 N–H and O–H groups in total. The number of nitrogens with zero attached hydrogens (tertiary/aromatic N) is 2. The number of hydrogen-bond acceptors (Lipinski definition) is 5. The van der Waals surface area contributed by atoms with Crippen LogP contribution in [0.3, 0.4) is 0 Å². The number of hydrogen-bond donors (Lipinski definition) is 2. The number of nitrogens with one attached hydrogen (secondary N) is 1. The molecule has 0 radical (unpaired) electrons. The number of methoxy groups -OCH3 is 1. The Hall–Kier alpha value is -1.43. The predicted molar refractivity (Wildman–Crippen MR) is 40.1 cm³/mol. The Morgan fingerprint density at radius 3 is 3.17 bits per heavy atom. The van der Waals surface area contributed by atoms with Crippen LogP contribution in [0.2, 0.25) is 0 Å². The first-order valence-corrected chi connectivity index (χ1v) is 3.42. The fraction of sp³-hybridized carbons (Fsp3) is 0.500. The van der Waals surface area contributed by atoms with Crippen molar-refractivity contribution in [1.82, 2.24) is 15.4 Å². The van der Waals surface area contributed by atoms with Crippen molar-refractivity contribution in [2.75, 3.05) is 7.11 Å². The molecule has 12 heavy (non-hydrogen) atoms. The van der Waals surface area contributed by atoms with Crippen LogP contribution in [-0.4, -0.2) is 34.5 Å². The maximum absolute atomic E-state index is 10.8. The minimum absolute atomic E-state index is 0.336. The largest absolute Gasteiger partial charge is 0.468 e. The van der Waals surface area contributed by atoms with E-state index in [9.17, 15) is 4.79 Å². The molecule has 0 unspecified atom stereocenters. The third kappa shape index (κ3) is 2.03. The molecule has 0 amide bonds. The molecule has 0 saturated heterocycles. The van der Waals surface area contributed by atoms with E-state index in [0.717, 1.165) is 0 Å². The quantitative estimate of drug-likeness (QED) is 0.558. The van der Waals surface area contributed by atoms with E-state index >= 15 is 0 Å². The van der Waals surface area contributed by atoms with E-state index in [0.29, 0.717) is 12.1 Å². The second-order valence-electron chi connectivity index (χ2n) is 2.30. The van der Waals surface area contributed by atoms with Gasteiger partial charge >= 0.3 is 5.97 Å². The van der Waals surface area contributed by atoms with Gasteiger partial charge in [0, 0.05) is 6.42 Å². The molecule has 0 bridgehead atoms. The molecule has 6 heteroatoms. The molecule has 0 aromatic carbocycles. The Bertz CT molecular complexity index is 246. The summed E-state index contributed by atoms with van der Waals surface area (Å²) in [5.74, 6) is -0.446. The van der Waals surface area contributed by atoms with Gasteiger partial charge in [-0.2, -0.15) is 15.4 Å². The van der Waals surface area contributed by atoms with Crippen molar-refractivity contribution in [3.05, 3.63) is 11.9 Å². The number of aromatic amines is 1. The van der Waals surface area contributed by atoms with E-state index in [1.165, 1.54) is 13.3 Å². The van der Waals surface area contributed by atoms with Crippen LogP contribution in [0.4, 0.5) is 0 Å². The van der Waals surface area contributed by atoms with Gasteiger partial charge in [-0.15, -0.1) is 0 Å². The molecule has 0 aliphatic rings. The molecule has 0 aliphatic heterocycles. The molecular formula is C6H10N4O2. The van der Waals surface area contributed by atoms with Gasteiger partial charge in [-0.05, 0) is 0 Å². The molecular weight excluding hydrogens is 160 g/mol. The smallest absolute Gasteiger partial charge is 0.323 e. The highest BCUT2D eigenvalue weighted by Crippen LogP contribution is 1.95. The Balaban J connectivity index is 2.47. The Morgan fingerprint density at radius 1 is 1.92 bits per heavy atom. The Kier molecular flexibility index (Phi) is 2.76. The monoisotopic (exact) mass is 170 g/mol. The van der Waals surface area contributed by atoms with Crippen LogP contribution in [0.1, 0.15) is 5.69 Å². The number of aromatic nitrogens is 3. The number of esters is 1. The summed E-state index contributed by atoms with van der Waals surface area (Å²) < 4.78 is 4.44. The number of ether oxygens (including phenoxy) is 1. The molecule has 0 saturated carbocycles. The number of nitrogens with two attached hydrogens (primary N) is 1. The van der Waals surface area contributed by atoms with Crippen molar-refractivity contribution < 1.29 is 9.53 Å². The highest BCUT2D eigenvalue weighted by atomic mass is 16.5. The summed E-state index contributed by atoms with van der Waals surface area (Å²) in [4.78, 5) is 10.8.